The number of methoxy groups -OCH3 is 1. The molecule has 1 saturated heterocycles. The molecular formula is C19H25N3O5S. The monoisotopic (exact) mass is 407 g/mol. The van der Waals surface area contributed by atoms with Crippen LogP contribution in [0, 0.1) is 6.92 Å². The molecular weight excluding hydrogens is 382 g/mol. The van der Waals surface area contributed by atoms with Crippen LogP contribution in [0.4, 0.5) is 4.79 Å². The Morgan fingerprint density at radius 1 is 1.29 bits per heavy atom. The fourth-order valence-electron chi connectivity index (χ4n) is 3.60. The maximum atomic E-state index is 12.5. The highest BCUT2D eigenvalue weighted by Crippen LogP contribution is 2.42. The van der Waals surface area contributed by atoms with Gasteiger partial charge in [-0.1, -0.05) is 29.8 Å². The molecule has 152 valence electrons. The van der Waals surface area contributed by atoms with Gasteiger partial charge in [0, 0.05) is 25.6 Å². The summed E-state index contributed by atoms with van der Waals surface area (Å²) in [4.78, 5) is 15.7. The number of hydrogen-bond donors (Lipinski definition) is 1. The Kier molecular flexibility index (Phi) is 5.24. The van der Waals surface area contributed by atoms with Gasteiger partial charge >= 0.3 is 6.09 Å². The van der Waals surface area contributed by atoms with Crippen LogP contribution in [0.1, 0.15) is 25.3 Å². The van der Waals surface area contributed by atoms with Crippen molar-refractivity contribution in [3.8, 4) is 0 Å². The van der Waals surface area contributed by atoms with Crippen LogP contribution < -0.4 is 4.83 Å². The quantitative estimate of drug-likeness (QED) is 0.596. The first kappa shape index (κ1) is 20.3. The van der Waals surface area contributed by atoms with Crippen LogP contribution in [0.15, 0.2) is 46.4 Å². The van der Waals surface area contributed by atoms with Crippen LogP contribution in [0.3, 0.4) is 0 Å². The second-order valence-electron chi connectivity index (χ2n) is 7.58. The molecule has 1 N–H and O–H groups in total. The van der Waals surface area contributed by atoms with Crippen molar-refractivity contribution in [3.63, 3.8) is 0 Å². The molecule has 2 atom stereocenters. The zero-order chi connectivity index (χ0) is 20.6. The maximum absolute atomic E-state index is 12.5. The number of carbonyl (C=O) groups excluding carboxylic acids is 1. The number of likely N-dealkylation sites (N-methyl/N-ethyl adjacent to an activating group) is 1. The molecule has 1 aromatic rings. The molecule has 2 aliphatic heterocycles. The Balaban J connectivity index is 1.78. The Bertz CT molecular complexity index is 925. The predicted molar refractivity (Wildman–Crippen MR) is 105 cm³/mol. The first-order valence-electron chi connectivity index (χ1n) is 8.90. The lowest BCUT2D eigenvalue weighted by Gasteiger charge is -2.40. The van der Waals surface area contributed by atoms with Gasteiger partial charge in [-0.25, -0.2) is 9.63 Å². The van der Waals surface area contributed by atoms with E-state index in [0.29, 0.717) is 18.6 Å². The third-order valence-corrected chi connectivity index (χ3v) is 6.11. The fourth-order valence-corrected chi connectivity index (χ4v) is 4.45. The minimum Gasteiger partial charge on any atom is -0.453 e. The predicted octanol–water partition coefficient (Wildman–Crippen LogP) is 2.21. The van der Waals surface area contributed by atoms with Crippen LogP contribution in [0.5, 0.6) is 0 Å². The van der Waals surface area contributed by atoms with Crippen LogP contribution in [0.2, 0.25) is 0 Å². The van der Waals surface area contributed by atoms with Crippen molar-refractivity contribution >= 4 is 21.8 Å². The average molecular weight is 407 g/mol. The van der Waals surface area contributed by atoms with E-state index in [2.05, 4.69) is 9.93 Å². The van der Waals surface area contributed by atoms with Crippen molar-refractivity contribution in [2.75, 3.05) is 20.7 Å². The van der Waals surface area contributed by atoms with E-state index in [1.807, 2.05) is 26.0 Å². The van der Waals surface area contributed by atoms with Crippen molar-refractivity contribution in [1.29, 1.82) is 0 Å². The first-order chi connectivity index (χ1) is 13.1. The lowest BCUT2D eigenvalue weighted by atomic mass is 9.90. The summed E-state index contributed by atoms with van der Waals surface area (Å²) in [5.74, 6) is 0. The molecule has 0 saturated carbocycles. The lowest BCUT2D eigenvalue weighted by Crippen LogP contribution is -2.51. The average Bonchev–Trinajstić information content (AvgIpc) is 2.88. The molecule has 0 aromatic heterocycles. The van der Waals surface area contributed by atoms with E-state index < -0.39 is 27.3 Å². The van der Waals surface area contributed by atoms with Gasteiger partial charge in [-0.2, -0.15) is 13.5 Å². The number of hydrazone groups is 1. The van der Waals surface area contributed by atoms with Crippen LogP contribution >= 0.6 is 0 Å². The third kappa shape index (κ3) is 4.20. The Hall–Kier alpha value is -2.39. The number of nitrogens with one attached hydrogen (secondary N) is 1. The van der Waals surface area contributed by atoms with Gasteiger partial charge in [0.05, 0.1) is 24.2 Å². The Labute approximate surface area is 165 Å². The summed E-state index contributed by atoms with van der Waals surface area (Å²) < 4.78 is 35.9. The van der Waals surface area contributed by atoms with Crippen molar-refractivity contribution in [1.82, 2.24) is 9.73 Å². The highest BCUT2D eigenvalue weighted by molar-refractivity contribution is 7.89. The van der Waals surface area contributed by atoms with E-state index in [0.717, 1.165) is 5.56 Å². The third-order valence-electron chi connectivity index (χ3n) is 4.88. The summed E-state index contributed by atoms with van der Waals surface area (Å²) in [6.07, 6.45) is 4.23. The van der Waals surface area contributed by atoms with Crippen molar-refractivity contribution < 1.29 is 22.7 Å². The molecule has 0 aliphatic carbocycles. The Morgan fingerprint density at radius 2 is 1.96 bits per heavy atom. The summed E-state index contributed by atoms with van der Waals surface area (Å²) in [7, 11) is -0.811. The second kappa shape index (κ2) is 7.21. The van der Waals surface area contributed by atoms with Crippen LogP contribution in [-0.4, -0.2) is 57.0 Å². The van der Waals surface area contributed by atoms with Crippen molar-refractivity contribution in [2.45, 2.75) is 42.8 Å². The summed E-state index contributed by atoms with van der Waals surface area (Å²) >= 11 is 0. The molecule has 2 aliphatic rings. The summed E-state index contributed by atoms with van der Waals surface area (Å²) in [5.41, 5.74) is 0.280. The number of ether oxygens (including phenoxy) is 2. The minimum atomic E-state index is -3.75. The van der Waals surface area contributed by atoms with Gasteiger partial charge in [0.2, 0.25) is 0 Å². The molecule has 9 heteroatoms. The molecule has 0 spiro atoms. The number of hydrogen-bond acceptors (Lipinski definition) is 6. The number of sulfonamides is 1. The summed E-state index contributed by atoms with van der Waals surface area (Å²) in [6.45, 7) is 4.07. The van der Waals surface area contributed by atoms with Gasteiger partial charge < -0.3 is 14.4 Å². The number of fused-ring (bicyclic) bond motifs is 2. The van der Waals surface area contributed by atoms with Crippen LogP contribution in [0.25, 0.3) is 0 Å². The van der Waals surface area contributed by atoms with Gasteiger partial charge in [0.15, 0.2) is 0 Å². The highest BCUT2D eigenvalue weighted by atomic mass is 32.2. The molecule has 1 amide bonds. The highest BCUT2D eigenvalue weighted by Gasteiger charge is 2.49. The van der Waals surface area contributed by atoms with E-state index in [-0.39, 0.29) is 11.4 Å². The van der Waals surface area contributed by atoms with Crippen molar-refractivity contribution in [2.24, 2.45) is 5.10 Å². The molecule has 0 unspecified atom stereocenters. The second-order valence-corrected chi connectivity index (χ2v) is 9.24. The zero-order valence-corrected chi connectivity index (χ0v) is 17.2. The molecule has 0 radical (unpaired) electrons. The number of rotatable bonds is 5. The molecule has 3 rings (SSSR count). The molecule has 1 fully saturated rings. The van der Waals surface area contributed by atoms with E-state index in [1.165, 1.54) is 12.0 Å². The SMILES string of the molecule is COC(=O)N(C)C[C@@]12C=C[C@](C)(C/C(=N\NS(=O)(=O)c3ccc(C)cc3)C1)O2. The van der Waals surface area contributed by atoms with Crippen molar-refractivity contribution in [3.05, 3.63) is 42.0 Å². The number of benzene rings is 1. The van der Waals surface area contributed by atoms with Gasteiger partial charge in [-0.05, 0) is 26.0 Å². The molecule has 28 heavy (non-hydrogen) atoms. The molecule has 1 aromatic carbocycles. The van der Waals surface area contributed by atoms with Gasteiger partial charge in [-0.15, -0.1) is 0 Å². The largest absolute Gasteiger partial charge is 0.453 e. The van der Waals surface area contributed by atoms with E-state index >= 15 is 0 Å². The van der Waals surface area contributed by atoms with Gasteiger partial charge in [0.25, 0.3) is 10.0 Å². The smallest absolute Gasteiger partial charge is 0.409 e. The standard InChI is InChI=1S/C19H25N3O5S/c1-14-5-7-16(8-6-14)28(24,25)21-20-15-11-18(2)9-10-19(12-15,27-18)13-22(3)17(23)26-4/h5-10,21H,11-13H2,1-4H3/b20-15+/t18-,19-/m1/s1. The zero-order valence-electron chi connectivity index (χ0n) is 16.4. The number of aryl methyl sites for hydroxylation is 1. The molecule has 2 bridgehead atoms. The minimum absolute atomic E-state index is 0.155. The lowest BCUT2D eigenvalue weighted by molar-refractivity contribution is -0.0929. The van der Waals surface area contributed by atoms with E-state index in [4.69, 9.17) is 9.47 Å². The summed E-state index contributed by atoms with van der Waals surface area (Å²) in [5, 5.41) is 4.18. The fraction of sp³-hybridized carbons (Fsp3) is 0.474. The van der Waals surface area contributed by atoms with E-state index in [1.54, 1.807) is 31.3 Å². The molecule has 8 nitrogen and oxygen atoms in total. The maximum Gasteiger partial charge on any atom is 0.409 e. The Morgan fingerprint density at radius 3 is 2.61 bits per heavy atom. The van der Waals surface area contributed by atoms with E-state index in [9.17, 15) is 13.2 Å². The van der Waals surface area contributed by atoms with Crippen LogP contribution in [-0.2, 0) is 19.5 Å². The normalized spacial score (nSPS) is 27.6. The number of carbonyl (C=O) groups is 1. The van der Waals surface area contributed by atoms with Gasteiger partial charge in [-0.3, -0.25) is 0 Å². The number of nitrogens with zero attached hydrogens (tertiary/aromatic N) is 2. The first-order valence-corrected chi connectivity index (χ1v) is 10.4. The molecule has 2 heterocycles. The summed E-state index contributed by atoms with van der Waals surface area (Å²) in [6, 6.07) is 6.56. The van der Waals surface area contributed by atoms with Gasteiger partial charge in [0.1, 0.15) is 5.60 Å². The topological polar surface area (TPSA) is 97.3 Å². The number of amides is 1.